The summed E-state index contributed by atoms with van der Waals surface area (Å²) in [5, 5.41) is 11.2. The molecule has 1 fully saturated rings. The summed E-state index contributed by atoms with van der Waals surface area (Å²) >= 11 is 0. The molecule has 2 aromatic rings. The molecular weight excluding hydrogens is 430 g/mol. The van der Waals surface area contributed by atoms with Gasteiger partial charge in [0.25, 0.3) is 11.7 Å². The summed E-state index contributed by atoms with van der Waals surface area (Å²) < 4.78 is 11.5. The number of hydrogen-bond donors (Lipinski definition) is 1. The van der Waals surface area contributed by atoms with Crippen molar-refractivity contribution in [1.82, 2.24) is 4.90 Å². The molecule has 0 aliphatic carbocycles. The quantitative estimate of drug-likeness (QED) is 0.194. The zero-order valence-electron chi connectivity index (χ0n) is 20.5. The van der Waals surface area contributed by atoms with E-state index < -0.39 is 17.7 Å². The van der Waals surface area contributed by atoms with Gasteiger partial charge in [-0.3, -0.25) is 9.59 Å². The molecule has 3 rings (SSSR count). The highest BCUT2D eigenvalue weighted by Gasteiger charge is 2.45. The lowest BCUT2D eigenvalue weighted by atomic mass is 9.95. The van der Waals surface area contributed by atoms with Gasteiger partial charge < -0.3 is 19.5 Å². The highest BCUT2D eigenvalue weighted by Crippen LogP contribution is 2.40. The van der Waals surface area contributed by atoms with Gasteiger partial charge in [-0.1, -0.05) is 38.8 Å². The normalized spacial score (nSPS) is 17.4. The average Bonchev–Trinajstić information content (AvgIpc) is 3.07. The zero-order valence-corrected chi connectivity index (χ0v) is 20.5. The minimum Gasteiger partial charge on any atom is -0.507 e. The molecule has 182 valence electrons. The zero-order chi connectivity index (χ0) is 24.7. The predicted octanol–water partition coefficient (Wildman–Crippen LogP) is 5.87. The number of rotatable bonds is 11. The molecule has 0 aromatic heterocycles. The molecule has 1 aliphatic heterocycles. The van der Waals surface area contributed by atoms with Crippen molar-refractivity contribution in [3.63, 3.8) is 0 Å². The van der Waals surface area contributed by atoms with E-state index in [2.05, 4.69) is 6.92 Å². The number of ketones is 1. The van der Waals surface area contributed by atoms with Crippen LogP contribution in [-0.4, -0.2) is 41.0 Å². The van der Waals surface area contributed by atoms with E-state index in [-0.39, 0.29) is 17.4 Å². The molecule has 0 spiro atoms. The maximum absolute atomic E-state index is 13.2. The van der Waals surface area contributed by atoms with Crippen LogP contribution < -0.4 is 9.47 Å². The highest BCUT2D eigenvalue weighted by molar-refractivity contribution is 6.46. The van der Waals surface area contributed by atoms with Crippen LogP contribution in [0, 0.1) is 0 Å². The summed E-state index contributed by atoms with van der Waals surface area (Å²) in [5.41, 5.74) is 1.30. The summed E-state index contributed by atoms with van der Waals surface area (Å²) in [6.45, 7) is 9.05. The molecule has 1 N–H and O–H groups in total. The van der Waals surface area contributed by atoms with Gasteiger partial charge in [-0.25, -0.2) is 0 Å². The fourth-order valence-electron chi connectivity index (χ4n) is 4.10. The van der Waals surface area contributed by atoms with Crippen LogP contribution in [0.5, 0.6) is 11.5 Å². The number of Topliss-reactive ketones (excluding diaryl/α,β-unsaturated/α-hetero) is 1. The van der Waals surface area contributed by atoms with Crippen LogP contribution in [0.2, 0.25) is 0 Å². The standard InChI is InChI=1S/C28H35NO5/c1-5-7-8-16-29-25(21-10-9-11-23(18-21)34-19(3)4)24(27(31)28(29)32)26(30)20-12-14-22(15-13-20)33-17-6-2/h9-15,18-19,25,30H,5-8,16-17H2,1-4H3/b26-24-. The molecule has 0 bridgehead atoms. The molecule has 1 heterocycles. The minimum atomic E-state index is -0.677. The molecule has 1 amide bonds. The van der Waals surface area contributed by atoms with Crippen molar-refractivity contribution in [3.05, 3.63) is 65.2 Å². The van der Waals surface area contributed by atoms with E-state index in [0.29, 0.717) is 30.2 Å². The van der Waals surface area contributed by atoms with Gasteiger partial charge in [0.2, 0.25) is 0 Å². The van der Waals surface area contributed by atoms with Crippen molar-refractivity contribution >= 4 is 17.4 Å². The van der Waals surface area contributed by atoms with Crippen molar-refractivity contribution in [3.8, 4) is 11.5 Å². The average molecular weight is 466 g/mol. The van der Waals surface area contributed by atoms with E-state index in [1.54, 1.807) is 29.2 Å². The van der Waals surface area contributed by atoms with Crippen molar-refractivity contribution in [2.24, 2.45) is 0 Å². The molecule has 1 unspecified atom stereocenters. The molecule has 34 heavy (non-hydrogen) atoms. The maximum atomic E-state index is 13.2. The number of amides is 1. The van der Waals surface area contributed by atoms with E-state index in [1.165, 1.54) is 0 Å². The van der Waals surface area contributed by atoms with Crippen LogP contribution in [0.1, 0.15) is 70.5 Å². The summed E-state index contributed by atoms with van der Waals surface area (Å²) in [6.07, 6.45) is 3.61. The first-order chi connectivity index (χ1) is 16.4. The Morgan fingerprint density at radius 3 is 2.38 bits per heavy atom. The highest BCUT2D eigenvalue weighted by atomic mass is 16.5. The number of hydrogen-bond acceptors (Lipinski definition) is 5. The fourth-order valence-corrected chi connectivity index (χ4v) is 4.10. The summed E-state index contributed by atoms with van der Waals surface area (Å²) in [4.78, 5) is 27.8. The first-order valence-electron chi connectivity index (χ1n) is 12.2. The molecule has 0 saturated carbocycles. The van der Waals surface area contributed by atoms with Gasteiger partial charge in [-0.05, 0) is 68.7 Å². The summed E-state index contributed by atoms with van der Waals surface area (Å²) in [7, 11) is 0. The first-order valence-corrected chi connectivity index (χ1v) is 12.2. The number of ether oxygens (including phenoxy) is 2. The number of aliphatic hydroxyl groups is 1. The number of likely N-dealkylation sites (tertiary alicyclic amines) is 1. The van der Waals surface area contributed by atoms with Gasteiger partial charge in [0.15, 0.2) is 0 Å². The molecule has 6 nitrogen and oxygen atoms in total. The lowest BCUT2D eigenvalue weighted by molar-refractivity contribution is -0.139. The van der Waals surface area contributed by atoms with Crippen molar-refractivity contribution < 1.29 is 24.2 Å². The molecule has 1 atom stereocenters. The lowest BCUT2D eigenvalue weighted by Gasteiger charge is -2.26. The largest absolute Gasteiger partial charge is 0.507 e. The third kappa shape index (κ3) is 5.79. The van der Waals surface area contributed by atoms with E-state index in [4.69, 9.17) is 9.47 Å². The molecule has 1 aliphatic rings. The van der Waals surface area contributed by atoms with Gasteiger partial charge >= 0.3 is 0 Å². The van der Waals surface area contributed by atoms with E-state index in [1.807, 2.05) is 45.0 Å². The Bertz CT molecular complexity index is 1030. The fraction of sp³-hybridized carbons (Fsp3) is 0.429. The smallest absolute Gasteiger partial charge is 0.295 e. The Labute approximate surface area is 202 Å². The summed E-state index contributed by atoms with van der Waals surface area (Å²) in [5.74, 6) is -0.0858. The van der Waals surface area contributed by atoms with Crippen molar-refractivity contribution in [2.75, 3.05) is 13.2 Å². The minimum absolute atomic E-state index is 0.0143. The number of nitrogens with zero attached hydrogens (tertiary/aromatic N) is 1. The van der Waals surface area contributed by atoms with Gasteiger partial charge in [0, 0.05) is 12.1 Å². The Hall–Kier alpha value is -3.28. The first kappa shape index (κ1) is 25.3. The monoisotopic (exact) mass is 465 g/mol. The Balaban J connectivity index is 2.05. The SMILES string of the molecule is CCCCCN1C(=O)C(=O)/C(=C(\O)c2ccc(OCCC)cc2)C1c1cccc(OC(C)C)c1. The predicted molar refractivity (Wildman–Crippen MR) is 133 cm³/mol. The third-order valence-electron chi connectivity index (χ3n) is 5.69. The van der Waals surface area contributed by atoms with Crippen molar-refractivity contribution in [2.45, 2.75) is 65.5 Å². The van der Waals surface area contributed by atoms with Crippen LogP contribution in [0.4, 0.5) is 0 Å². The van der Waals surface area contributed by atoms with Crippen molar-refractivity contribution in [1.29, 1.82) is 0 Å². The van der Waals surface area contributed by atoms with Crippen LogP contribution >= 0.6 is 0 Å². The van der Waals surface area contributed by atoms with Gasteiger partial charge in [0.05, 0.1) is 24.3 Å². The molecule has 1 saturated heterocycles. The second-order valence-corrected chi connectivity index (χ2v) is 8.81. The number of unbranched alkanes of at least 4 members (excludes halogenated alkanes) is 2. The molecule has 2 aromatic carbocycles. The van der Waals surface area contributed by atoms with Crippen LogP contribution in [0.25, 0.3) is 5.76 Å². The molecule has 6 heteroatoms. The second kappa shape index (κ2) is 11.7. The number of benzene rings is 2. The summed E-state index contributed by atoms with van der Waals surface area (Å²) in [6, 6.07) is 13.7. The van der Waals surface area contributed by atoms with Crippen LogP contribution in [0.15, 0.2) is 54.1 Å². The number of carbonyl (C=O) groups excluding carboxylic acids is 2. The van der Waals surface area contributed by atoms with Crippen LogP contribution in [0.3, 0.4) is 0 Å². The Morgan fingerprint density at radius 2 is 1.74 bits per heavy atom. The van der Waals surface area contributed by atoms with Gasteiger partial charge in [-0.2, -0.15) is 0 Å². The number of aliphatic hydroxyl groups excluding tert-OH is 1. The Kier molecular flexibility index (Phi) is 8.74. The number of carbonyl (C=O) groups is 2. The van der Waals surface area contributed by atoms with E-state index in [0.717, 1.165) is 31.2 Å². The maximum Gasteiger partial charge on any atom is 0.295 e. The van der Waals surface area contributed by atoms with Crippen LogP contribution in [-0.2, 0) is 9.59 Å². The van der Waals surface area contributed by atoms with Gasteiger partial charge in [-0.15, -0.1) is 0 Å². The second-order valence-electron chi connectivity index (χ2n) is 8.81. The Morgan fingerprint density at radius 1 is 1.00 bits per heavy atom. The van der Waals surface area contributed by atoms with E-state index in [9.17, 15) is 14.7 Å². The lowest BCUT2D eigenvalue weighted by Crippen LogP contribution is -2.30. The third-order valence-corrected chi connectivity index (χ3v) is 5.69. The molecule has 0 radical (unpaired) electrons. The molecular formula is C28H35NO5. The van der Waals surface area contributed by atoms with E-state index >= 15 is 0 Å². The topological polar surface area (TPSA) is 76.1 Å². The van der Waals surface area contributed by atoms with Gasteiger partial charge in [0.1, 0.15) is 17.3 Å².